The van der Waals surface area contributed by atoms with Crippen LogP contribution < -0.4 is 10.1 Å². The number of carboxylic acid groups (broad SMARTS) is 1. The Morgan fingerprint density at radius 1 is 1.29 bits per heavy atom. The fourth-order valence-electron chi connectivity index (χ4n) is 1.85. The Morgan fingerprint density at radius 3 is 2.52 bits per heavy atom. The lowest BCUT2D eigenvalue weighted by Gasteiger charge is -2.16. The van der Waals surface area contributed by atoms with Crippen molar-refractivity contribution in [2.45, 2.75) is 32.2 Å². The zero-order chi connectivity index (χ0) is 15.8. The summed E-state index contributed by atoms with van der Waals surface area (Å²) >= 11 is 0. The van der Waals surface area contributed by atoms with E-state index in [0.717, 1.165) is 5.56 Å². The van der Waals surface area contributed by atoms with E-state index in [2.05, 4.69) is 5.32 Å². The van der Waals surface area contributed by atoms with Gasteiger partial charge in [-0.15, -0.1) is 0 Å². The number of aliphatic hydroxyl groups is 1. The first-order valence-electron chi connectivity index (χ1n) is 6.80. The number of carboxylic acids is 1. The number of benzene rings is 1. The standard InChI is InChI=1S/C15H21NO5/c1-10(2)11-5-3-4-6-13(11)21-9-14(18)16-12(7-8-17)15(19)20/h3-6,10,12,17H,7-9H2,1-2H3,(H,16,18)(H,19,20)/t12-/m0/s1. The average Bonchev–Trinajstić information content (AvgIpc) is 2.44. The van der Waals surface area contributed by atoms with Gasteiger partial charge in [-0.25, -0.2) is 4.79 Å². The SMILES string of the molecule is CC(C)c1ccccc1OCC(=O)N[C@@H](CCO)C(=O)O. The summed E-state index contributed by atoms with van der Waals surface area (Å²) in [4.78, 5) is 22.6. The maximum Gasteiger partial charge on any atom is 0.326 e. The Balaban J connectivity index is 2.59. The van der Waals surface area contributed by atoms with Gasteiger partial charge >= 0.3 is 5.97 Å². The molecule has 1 aromatic rings. The summed E-state index contributed by atoms with van der Waals surface area (Å²) in [7, 11) is 0. The first kappa shape index (κ1) is 17.0. The van der Waals surface area contributed by atoms with Crippen LogP contribution in [-0.2, 0) is 9.59 Å². The predicted octanol–water partition coefficient (Wildman–Crippen LogP) is 1.14. The van der Waals surface area contributed by atoms with Crippen molar-refractivity contribution in [1.82, 2.24) is 5.32 Å². The molecule has 0 unspecified atom stereocenters. The van der Waals surface area contributed by atoms with Crippen molar-refractivity contribution in [2.24, 2.45) is 0 Å². The van der Waals surface area contributed by atoms with Gasteiger partial charge in [-0.05, 0) is 17.5 Å². The lowest BCUT2D eigenvalue weighted by Crippen LogP contribution is -2.43. The van der Waals surface area contributed by atoms with E-state index in [1.54, 1.807) is 6.07 Å². The molecule has 0 fully saturated rings. The van der Waals surface area contributed by atoms with Crippen molar-refractivity contribution in [1.29, 1.82) is 0 Å². The van der Waals surface area contributed by atoms with Gasteiger partial charge in [0.05, 0.1) is 0 Å². The van der Waals surface area contributed by atoms with Crippen LogP contribution in [0.4, 0.5) is 0 Å². The van der Waals surface area contributed by atoms with Crippen molar-refractivity contribution in [3.05, 3.63) is 29.8 Å². The van der Waals surface area contributed by atoms with Crippen LogP contribution in [0.1, 0.15) is 31.7 Å². The first-order chi connectivity index (χ1) is 9.95. The van der Waals surface area contributed by atoms with Gasteiger partial charge in [-0.1, -0.05) is 32.0 Å². The first-order valence-corrected chi connectivity index (χ1v) is 6.80. The van der Waals surface area contributed by atoms with Gasteiger partial charge in [0.15, 0.2) is 6.61 Å². The molecule has 0 aliphatic heterocycles. The summed E-state index contributed by atoms with van der Waals surface area (Å²) < 4.78 is 5.45. The monoisotopic (exact) mass is 295 g/mol. The number of hydrogen-bond donors (Lipinski definition) is 3. The highest BCUT2D eigenvalue weighted by Crippen LogP contribution is 2.25. The molecule has 0 aromatic heterocycles. The highest BCUT2D eigenvalue weighted by atomic mass is 16.5. The van der Waals surface area contributed by atoms with Gasteiger partial charge in [-0.2, -0.15) is 0 Å². The molecule has 6 nitrogen and oxygen atoms in total. The highest BCUT2D eigenvalue weighted by molar-refractivity contribution is 5.84. The molecule has 1 amide bonds. The molecule has 6 heteroatoms. The van der Waals surface area contributed by atoms with E-state index in [1.165, 1.54) is 0 Å². The van der Waals surface area contributed by atoms with Crippen LogP contribution in [0.5, 0.6) is 5.75 Å². The fraction of sp³-hybridized carbons (Fsp3) is 0.467. The number of amides is 1. The smallest absolute Gasteiger partial charge is 0.326 e. The second-order valence-corrected chi connectivity index (χ2v) is 4.95. The predicted molar refractivity (Wildman–Crippen MR) is 77.3 cm³/mol. The van der Waals surface area contributed by atoms with Crippen LogP contribution >= 0.6 is 0 Å². The van der Waals surface area contributed by atoms with Crippen LogP contribution in [0.15, 0.2) is 24.3 Å². The highest BCUT2D eigenvalue weighted by Gasteiger charge is 2.19. The third-order valence-corrected chi connectivity index (χ3v) is 2.95. The number of ether oxygens (including phenoxy) is 1. The summed E-state index contributed by atoms with van der Waals surface area (Å²) in [5, 5.41) is 20.0. The molecule has 0 spiro atoms. The van der Waals surface area contributed by atoms with Crippen LogP contribution in [0.2, 0.25) is 0 Å². The Morgan fingerprint density at radius 2 is 1.95 bits per heavy atom. The number of carbonyl (C=O) groups is 2. The summed E-state index contributed by atoms with van der Waals surface area (Å²) in [5.74, 6) is -0.850. The van der Waals surface area contributed by atoms with Gasteiger partial charge in [0.25, 0.3) is 5.91 Å². The Hall–Kier alpha value is -2.08. The maximum absolute atomic E-state index is 11.7. The second-order valence-electron chi connectivity index (χ2n) is 4.95. The van der Waals surface area contributed by atoms with Gasteiger partial charge in [-0.3, -0.25) is 4.79 Å². The Labute approximate surface area is 123 Å². The molecular formula is C15H21NO5. The second kappa shape index (κ2) is 8.26. The molecule has 116 valence electrons. The fourth-order valence-corrected chi connectivity index (χ4v) is 1.85. The summed E-state index contributed by atoms with van der Waals surface area (Å²) in [6.45, 7) is 3.46. The van der Waals surface area contributed by atoms with E-state index < -0.39 is 17.9 Å². The third kappa shape index (κ3) is 5.43. The molecule has 3 N–H and O–H groups in total. The molecule has 1 aromatic carbocycles. The Kier molecular flexibility index (Phi) is 6.68. The zero-order valence-corrected chi connectivity index (χ0v) is 12.2. The summed E-state index contributed by atoms with van der Waals surface area (Å²) in [6, 6.07) is 6.29. The normalized spacial score (nSPS) is 12.0. The molecule has 0 heterocycles. The van der Waals surface area contributed by atoms with Crippen LogP contribution in [-0.4, -0.2) is 41.3 Å². The van der Waals surface area contributed by atoms with E-state index in [-0.39, 0.29) is 25.6 Å². The lowest BCUT2D eigenvalue weighted by molar-refractivity contribution is -0.142. The van der Waals surface area contributed by atoms with Crippen LogP contribution in [0, 0.1) is 0 Å². The van der Waals surface area contributed by atoms with E-state index in [1.807, 2.05) is 32.0 Å². The molecule has 0 bridgehead atoms. The number of aliphatic hydroxyl groups excluding tert-OH is 1. The zero-order valence-electron chi connectivity index (χ0n) is 12.2. The molecule has 1 atom stereocenters. The van der Waals surface area contributed by atoms with E-state index >= 15 is 0 Å². The number of rotatable bonds is 8. The molecule has 0 aliphatic carbocycles. The van der Waals surface area contributed by atoms with Crippen molar-refractivity contribution >= 4 is 11.9 Å². The van der Waals surface area contributed by atoms with Gasteiger partial charge in [0.1, 0.15) is 11.8 Å². The third-order valence-electron chi connectivity index (χ3n) is 2.95. The van der Waals surface area contributed by atoms with Crippen molar-refractivity contribution in [2.75, 3.05) is 13.2 Å². The summed E-state index contributed by atoms with van der Waals surface area (Å²) in [5.41, 5.74) is 0.982. The van der Waals surface area contributed by atoms with E-state index in [4.69, 9.17) is 14.9 Å². The molecule has 0 aliphatic rings. The van der Waals surface area contributed by atoms with Crippen LogP contribution in [0.3, 0.4) is 0 Å². The van der Waals surface area contributed by atoms with Gasteiger partial charge in [0, 0.05) is 13.0 Å². The molecule has 0 saturated heterocycles. The van der Waals surface area contributed by atoms with Crippen molar-refractivity contribution < 1.29 is 24.5 Å². The molecule has 0 saturated carbocycles. The quantitative estimate of drug-likeness (QED) is 0.668. The van der Waals surface area contributed by atoms with Crippen molar-refractivity contribution in [3.63, 3.8) is 0 Å². The number of carbonyl (C=O) groups excluding carboxylic acids is 1. The number of para-hydroxylation sites is 1. The topological polar surface area (TPSA) is 95.9 Å². The average molecular weight is 295 g/mol. The molecule has 21 heavy (non-hydrogen) atoms. The van der Waals surface area contributed by atoms with E-state index in [9.17, 15) is 9.59 Å². The van der Waals surface area contributed by atoms with E-state index in [0.29, 0.717) is 5.75 Å². The summed E-state index contributed by atoms with van der Waals surface area (Å²) in [6.07, 6.45) is -0.0380. The van der Waals surface area contributed by atoms with Crippen LogP contribution in [0.25, 0.3) is 0 Å². The molecule has 0 radical (unpaired) electrons. The maximum atomic E-state index is 11.7. The Bertz CT molecular complexity index is 487. The van der Waals surface area contributed by atoms with Crippen molar-refractivity contribution in [3.8, 4) is 5.75 Å². The van der Waals surface area contributed by atoms with Gasteiger partial charge in [0.2, 0.25) is 0 Å². The number of nitrogens with one attached hydrogen (secondary N) is 1. The number of aliphatic carboxylic acids is 1. The minimum absolute atomic E-state index is 0.0380. The molecular weight excluding hydrogens is 274 g/mol. The largest absolute Gasteiger partial charge is 0.483 e. The molecule has 1 rings (SSSR count). The number of hydrogen-bond acceptors (Lipinski definition) is 4. The van der Waals surface area contributed by atoms with Gasteiger partial charge < -0.3 is 20.3 Å². The lowest BCUT2D eigenvalue weighted by atomic mass is 10.0. The minimum Gasteiger partial charge on any atom is -0.483 e. The minimum atomic E-state index is -1.18.